The first-order valence-corrected chi connectivity index (χ1v) is 13.0. The van der Waals surface area contributed by atoms with Gasteiger partial charge in [0.05, 0.1) is 29.4 Å². The minimum Gasteiger partial charge on any atom is -0.299 e. The van der Waals surface area contributed by atoms with Gasteiger partial charge in [0.15, 0.2) is 15.6 Å². The second-order valence-electron chi connectivity index (χ2n) is 7.89. The van der Waals surface area contributed by atoms with E-state index in [-0.39, 0.29) is 27.5 Å². The molecule has 0 bridgehead atoms. The summed E-state index contributed by atoms with van der Waals surface area (Å²) in [6.45, 7) is 5.54. The maximum atomic E-state index is 13.6. The van der Waals surface area contributed by atoms with Crippen LogP contribution in [0.5, 0.6) is 0 Å². The quantitative estimate of drug-likeness (QED) is 0.384. The Kier molecular flexibility index (Phi) is 7.09. The Bertz CT molecular complexity index is 997. The van der Waals surface area contributed by atoms with Gasteiger partial charge in [-0.1, -0.05) is 6.92 Å². The molecule has 1 aromatic carbocycles. The molecule has 1 aliphatic heterocycles. The summed E-state index contributed by atoms with van der Waals surface area (Å²) < 4.78 is 25.5. The lowest BCUT2D eigenvalue weighted by atomic mass is 9.80. The molecule has 2 aliphatic rings. The number of hydrogen-bond donors (Lipinski definition) is 1. The summed E-state index contributed by atoms with van der Waals surface area (Å²) in [4.78, 5) is 31.6. The van der Waals surface area contributed by atoms with Crippen LogP contribution in [0.4, 0.5) is 0 Å². The lowest BCUT2D eigenvalue weighted by molar-refractivity contribution is -0.122. The molecule has 2 atom stereocenters. The number of carbonyl (C=O) groups excluding carboxylic acids is 2. The van der Waals surface area contributed by atoms with Crippen LogP contribution >= 0.6 is 11.8 Å². The second kappa shape index (κ2) is 9.24. The number of ketones is 2. The number of carbonyl (C=O) groups is 2. The molecule has 1 fully saturated rings. The first kappa shape index (κ1) is 23.0. The maximum Gasteiger partial charge on any atom is 0.182 e. The predicted molar refractivity (Wildman–Crippen MR) is 119 cm³/mol. The van der Waals surface area contributed by atoms with Crippen molar-refractivity contribution < 1.29 is 22.8 Å². The molecule has 0 radical (unpaired) electrons. The van der Waals surface area contributed by atoms with Crippen molar-refractivity contribution in [3.05, 3.63) is 34.4 Å². The van der Waals surface area contributed by atoms with E-state index in [1.54, 1.807) is 37.8 Å². The normalized spacial score (nSPS) is 22.9. The van der Waals surface area contributed by atoms with Gasteiger partial charge in [0, 0.05) is 22.8 Å². The number of aryl methyl sites for hydroxylation is 1. The molecular weight excluding hydrogens is 422 g/mol. The van der Waals surface area contributed by atoms with Gasteiger partial charge in [-0.25, -0.2) is 8.42 Å². The van der Waals surface area contributed by atoms with Crippen molar-refractivity contribution in [1.82, 2.24) is 5.48 Å². The van der Waals surface area contributed by atoms with E-state index in [0.717, 1.165) is 25.0 Å². The van der Waals surface area contributed by atoms with Gasteiger partial charge in [-0.15, -0.1) is 0 Å². The monoisotopic (exact) mass is 451 g/mol. The number of rotatable bonds is 7. The Morgan fingerprint density at radius 2 is 2.07 bits per heavy atom. The number of thioether (sulfide) groups is 1. The fraction of sp³-hybridized carbons (Fsp3) is 0.545. The molecule has 0 saturated heterocycles. The molecule has 0 aromatic heterocycles. The van der Waals surface area contributed by atoms with Crippen LogP contribution in [0.2, 0.25) is 0 Å². The molecule has 0 amide bonds. The highest BCUT2D eigenvalue weighted by molar-refractivity contribution is 8.00. The van der Waals surface area contributed by atoms with Crippen molar-refractivity contribution in [3.63, 3.8) is 0 Å². The average Bonchev–Trinajstić information content (AvgIpc) is 2.69. The molecule has 6 nitrogen and oxygen atoms in total. The van der Waals surface area contributed by atoms with Gasteiger partial charge in [-0.3, -0.25) is 19.9 Å². The fourth-order valence-electron chi connectivity index (χ4n) is 4.39. The summed E-state index contributed by atoms with van der Waals surface area (Å²) in [6, 6.07) is 1.65. The van der Waals surface area contributed by atoms with Gasteiger partial charge in [0.1, 0.15) is 5.78 Å². The summed E-state index contributed by atoms with van der Waals surface area (Å²) in [5.41, 5.74) is 5.26. The molecule has 8 heteroatoms. The summed E-state index contributed by atoms with van der Waals surface area (Å²) in [6.07, 6.45) is 4.64. The molecule has 1 aliphatic carbocycles. The Hall–Kier alpha value is -1.64. The highest BCUT2D eigenvalue weighted by Gasteiger charge is 2.40. The Morgan fingerprint density at radius 1 is 1.33 bits per heavy atom. The molecule has 0 spiro atoms. The van der Waals surface area contributed by atoms with Gasteiger partial charge in [-0.2, -0.15) is 11.8 Å². The van der Waals surface area contributed by atoms with Crippen molar-refractivity contribution in [3.8, 4) is 0 Å². The highest BCUT2D eigenvalue weighted by Crippen LogP contribution is 2.39. The number of benzene rings is 1. The maximum absolute atomic E-state index is 13.6. The van der Waals surface area contributed by atoms with E-state index < -0.39 is 15.8 Å². The van der Waals surface area contributed by atoms with Crippen LogP contribution in [-0.2, 0) is 19.5 Å². The number of fused-ring (bicyclic) bond motifs is 1. The van der Waals surface area contributed by atoms with Crippen LogP contribution in [0.25, 0.3) is 5.70 Å². The summed E-state index contributed by atoms with van der Waals surface area (Å²) >= 11 is 1.70. The fourth-order valence-corrected chi connectivity index (χ4v) is 7.41. The number of Topliss-reactive ketones (excluding diaryl/α,β-unsaturated/α-hetero) is 2. The third-order valence-electron chi connectivity index (χ3n) is 5.74. The van der Waals surface area contributed by atoms with E-state index >= 15 is 0 Å². The van der Waals surface area contributed by atoms with Crippen LogP contribution in [0.3, 0.4) is 0 Å². The molecular formula is C22H29NO5S2. The molecule has 3 rings (SSSR count). The number of nitrogens with one attached hydrogen (secondary N) is 1. The lowest BCUT2D eigenvalue weighted by Gasteiger charge is -2.30. The first-order valence-electron chi connectivity index (χ1n) is 10.3. The Labute approximate surface area is 182 Å². The largest absolute Gasteiger partial charge is 0.299 e. The standard InChI is InChI=1S/C22H29NO5S2/c1-5-10-29-18-8-6-7-17(24)20(18)21(25)15-12-13(2)22-19(14(15)3)16(23-28-4)9-11-30(22,26)27/h9,12,18,20,23H,5-8,10-11H2,1-4H3. The molecule has 1 heterocycles. The van der Waals surface area contributed by atoms with Crippen molar-refractivity contribution in [2.75, 3.05) is 18.6 Å². The van der Waals surface area contributed by atoms with Gasteiger partial charge in [-0.05, 0) is 62.1 Å². The van der Waals surface area contributed by atoms with Gasteiger partial charge >= 0.3 is 0 Å². The van der Waals surface area contributed by atoms with Crippen LogP contribution < -0.4 is 5.48 Å². The predicted octanol–water partition coefficient (Wildman–Crippen LogP) is 3.65. The Balaban J connectivity index is 2.12. The van der Waals surface area contributed by atoms with Crippen LogP contribution in [0.1, 0.15) is 59.7 Å². The van der Waals surface area contributed by atoms with E-state index in [0.29, 0.717) is 34.4 Å². The Morgan fingerprint density at radius 3 is 2.73 bits per heavy atom. The average molecular weight is 452 g/mol. The zero-order valence-electron chi connectivity index (χ0n) is 17.9. The molecule has 1 N–H and O–H groups in total. The topological polar surface area (TPSA) is 89.5 Å². The minimum absolute atomic E-state index is 0.00645. The van der Waals surface area contributed by atoms with Crippen LogP contribution in [0.15, 0.2) is 17.0 Å². The molecule has 1 saturated carbocycles. The van der Waals surface area contributed by atoms with E-state index in [4.69, 9.17) is 4.84 Å². The summed E-state index contributed by atoms with van der Waals surface area (Å²) in [7, 11) is -2.05. The third-order valence-corrected chi connectivity index (χ3v) is 9.07. The lowest BCUT2D eigenvalue weighted by Crippen LogP contribution is -2.38. The van der Waals surface area contributed by atoms with Crippen molar-refractivity contribution >= 4 is 38.9 Å². The first-order chi connectivity index (χ1) is 14.2. The van der Waals surface area contributed by atoms with Crippen molar-refractivity contribution in [1.29, 1.82) is 0 Å². The zero-order chi connectivity index (χ0) is 22.1. The smallest absolute Gasteiger partial charge is 0.182 e. The number of hydrogen-bond acceptors (Lipinski definition) is 7. The summed E-state index contributed by atoms with van der Waals surface area (Å²) in [5.74, 6) is -0.0953. The van der Waals surface area contributed by atoms with E-state index in [2.05, 4.69) is 12.4 Å². The number of hydroxylamine groups is 1. The van der Waals surface area contributed by atoms with Gasteiger partial charge in [0.25, 0.3) is 0 Å². The molecule has 2 unspecified atom stereocenters. The second-order valence-corrected chi connectivity index (χ2v) is 11.2. The molecule has 164 valence electrons. The van der Waals surface area contributed by atoms with E-state index in [1.807, 2.05) is 0 Å². The molecule has 30 heavy (non-hydrogen) atoms. The summed E-state index contributed by atoms with van der Waals surface area (Å²) in [5, 5.41) is -0.0229. The van der Waals surface area contributed by atoms with E-state index in [9.17, 15) is 18.0 Å². The SMILES string of the molecule is CCCSC1CCCC(=O)C1C(=O)c1cc(C)c2c(c1C)C(NOC)=CCS2(=O)=O. The van der Waals surface area contributed by atoms with Gasteiger partial charge in [0.2, 0.25) is 0 Å². The van der Waals surface area contributed by atoms with Crippen LogP contribution in [0, 0.1) is 19.8 Å². The van der Waals surface area contributed by atoms with Crippen LogP contribution in [-0.4, -0.2) is 43.8 Å². The number of sulfone groups is 1. The zero-order valence-corrected chi connectivity index (χ0v) is 19.5. The third kappa shape index (κ3) is 4.22. The van der Waals surface area contributed by atoms with Gasteiger partial charge < -0.3 is 0 Å². The van der Waals surface area contributed by atoms with Crippen molar-refractivity contribution in [2.24, 2.45) is 5.92 Å². The minimum atomic E-state index is -3.50. The van der Waals surface area contributed by atoms with Crippen molar-refractivity contribution in [2.45, 2.75) is 56.6 Å². The molecule has 1 aromatic rings. The van der Waals surface area contributed by atoms with E-state index in [1.165, 1.54) is 7.11 Å². The highest BCUT2D eigenvalue weighted by atomic mass is 32.2.